The molecule has 1 rings (SSSR count). The summed E-state index contributed by atoms with van der Waals surface area (Å²) in [6, 6.07) is 3.30. The lowest BCUT2D eigenvalue weighted by molar-refractivity contribution is 0.353. The Kier molecular flexibility index (Phi) is 7.56. The maximum Gasteiger partial charge on any atom is 0.126 e. The maximum atomic E-state index is 6.18. The van der Waals surface area contributed by atoms with Crippen LogP contribution in [-0.2, 0) is 0 Å². The summed E-state index contributed by atoms with van der Waals surface area (Å²) in [6.07, 6.45) is 1.69. The zero-order valence-corrected chi connectivity index (χ0v) is 15.8. The minimum absolute atomic E-state index is 0.0610. The summed E-state index contributed by atoms with van der Waals surface area (Å²) >= 11 is 13.9. The normalized spacial score (nSPS) is 14.5. The van der Waals surface area contributed by atoms with E-state index in [0.29, 0.717) is 22.4 Å². The van der Waals surface area contributed by atoms with E-state index in [4.69, 9.17) is 33.7 Å². The first-order chi connectivity index (χ1) is 10.2. The topological polar surface area (TPSA) is 47.3 Å². The smallest absolute Gasteiger partial charge is 0.126 e. The van der Waals surface area contributed by atoms with Crippen molar-refractivity contribution in [1.82, 2.24) is 4.72 Å². The SMILES string of the molecule is C=CCOc1cc(Cl)c(Cl)cc1C(NSC(C)(C)C)[C@H](C)N. The van der Waals surface area contributed by atoms with Gasteiger partial charge in [0.15, 0.2) is 0 Å². The number of benzene rings is 1. The fraction of sp³-hybridized carbons (Fsp3) is 0.500. The molecule has 22 heavy (non-hydrogen) atoms. The van der Waals surface area contributed by atoms with Gasteiger partial charge >= 0.3 is 0 Å². The van der Waals surface area contributed by atoms with E-state index in [0.717, 1.165) is 5.56 Å². The molecule has 0 radical (unpaired) electrons. The molecule has 0 amide bonds. The highest BCUT2D eigenvalue weighted by atomic mass is 35.5. The number of hydrogen-bond acceptors (Lipinski definition) is 4. The lowest BCUT2D eigenvalue weighted by Gasteiger charge is -2.28. The fourth-order valence-electron chi connectivity index (χ4n) is 1.76. The van der Waals surface area contributed by atoms with Crippen molar-refractivity contribution in [3.05, 3.63) is 40.4 Å². The first-order valence-electron chi connectivity index (χ1n) is 7.07. The molecule has 6 heteroatoms. The predicted molar refractivity (Wildman–Crippen MR) is 99.0 cm³/mol. The first kappa shape index (κ1) is 19.7. The Hall–Kier alpha value is -0.390. The number of hydrogen-bond donors (Lipinski definition) is 2. The Balaban J connectivity index is 3.16. The minimum atomic E-state index is -0.127. The summed E-state index contributed by atoms with van der Waals surface area (Å²) in [7, 11) is 0. The van der Waals surface area contributed by atoms with Gasteiger partial charge in [-0.05, 0) is 33.8 Å². The quantitative estimate of drug-likeness (QED) is 0.530. The van der Waals surface area contributed by atoms with Gasteiger partial charge in [0.1, 0.15) is 12.4 Å². The van der Waals surface area contributed by atoms with Crippen LogP contribution >= 0.6 is 35.1 Å². The highest BCUT2D eigenvalue weighted by Gasteiger charge is 2.24. The van der Waals surface area contributed by atoms with Gasteiger partial charge in [0.2, 0.25) is 0 Å². The molecule has 1 unspecified atom stereocenters. The van der Waals surface area contributed by atoms with E-state index in [9.17, 15) is 0 Å². The number of halogens is 2. The van der Waals surface area contributed by atoms with Crippen molar-refractivity contribution in [2.75, 3.05) is 6.61 Å². The second kappa shape index (κ2) is 8.46. The Labute approximate surface area is 147 Å². The minimum Gasteiger partial charge on any atom is -0.489 e. The highest BCUT2D eigenvalue weighted by Crippen LogP contribution is 2.36. The standard InChI is InChI=1S/C16H24Cl2N2OS/c1-6-7-21-14-9-13(18)12(17)8-11(14)15(10(2)19)20-22-16(3,4)5/h6,8-10,15,20H,1,7,19H2,2-5H3/t10-,15?/m0/s1. The molecule has 1 aromatic carbocycles. The lowest BCUT2D eigenvalue weighted by Crippen LogP contribution is -2.35. The van der Waals surface area contributed by atoms with Gasteiger partial charge in [-0.3, -0.25) is 4.72 Å². The highest BCUT2D eigenvalue weighted by molar-refractivity contribution is 7.98. The van der Waals surface area contributed by atoms with Crippen LogP contribution in [0.1, 0.15) is 39.3 Å². The Morgan fingerprint density at radius 1 is 1.36 bits per heavy atom. The first-order valence-corrected chi connectivity index (χ1v) is 8.64. The summed E-state index contributed by atoms with van der Waals surface area (Å²) in [5.41, 5.74) is 7.05. The molecular formula is C16H24Cl2N2OS. The Morgan fingerprint density at radius 2 is 1.95 bits per heavy atom. The molecule has 0 aliphatic carbocycles. The molecule has 0 bridgehead atoms. The van der Waals surface area contributed by atoms with E-state index < -0.39 is 0 Å². The van der Waals surface area contributed by atoms with Crippen LogP contribution in [0.15, 0.2) is 24.8 Å². The number of nitrogens with two attached hydrogens (primary N) is 1. The molecule has 0 saturated carbocycles. The van der Waals surface area contributed by atoms with E-state index in [2.05, 4.69) is 32.1 Å². The summed E-state index contributed by atoms with van der Waals surface area (Å²) in [6.45, 7) is 12.4. The zero-order valence-electron chi connectivity index (χ0n) is 13.5. The number of nitrogens with one attached hydrogen (secondary N) is 1. The molecular weight excluding hydrogens is 339 g/mol. The summed E-state index contributed by atoms with van der Waals surface area (Å²) in [5.74, 6) is 0.665. The van der Waals surface area contributed by atoms with E-state index >= 15 is 0 Å². The third kappa shape index (κ3) is 6.01. The van der Waals surface area contributed by atoms with Crippen LogP contribution in [0.25, 0.3) is 0 Å². The van der Waals surface area contributed by atoms with Gasteiger partial charge in [-0.1, -0.05) is 47.8 Å². The molecule has 0 aliphatic heterocycles. The van der Waals surface area contributed by atoms with Crippen LogP contribution in [0.3, 0.4) is 0 Å². The fourth-order valence-corrected chi connectivity index (χ4v) is 2.90. The molecule has 1 aromatic rings. The zero-order chi connectivity index (χ0) is 16.9. The molecule has 0 saturated heterocycles. The van der Waals surface area contributed by atoms with Crippen molar-refractivity contribution < 1.29 is 4.74 Å². The van der Waals surface area contributed by atoms with Crippen LogP contribution in [0.5, 0.6) is 5.75 Å². The van der Waals surface area contributed by atoms with Crippen LogP contribution < -0.4 is 15.2 Å². The van der Waals surface area contributed by atoms with Crippen molar-refractivity contribution in [1.29, 1.82) is 0 Å². The third-order valence-corrected chi connectivity index (χ3v) is 4.47. The molecule has 124 valence electrons. The van der Waals surface area contributed by atoms with Gasteiger partial charge in [-0.15, -0.1) is 0 Å². The second-order valence-electron chi connectivity index (χ2n) is 6.07. The molecule has 3 N–H and O–H groups in total. The molecule has 0 spiro atoms. The van der Waals surface area contributed by atoms with Gasteiger partial charge in [0.05, 0.1) is 16.1 Å². The predicted octanol–water partition coefficient (Wildman–Crippen LogP) is 4.98. The summed E-state index contributed by atoms with van der Waals surface area (Å²) < 4.78 is 9.20. The van der Waals surface area contributed by atoms with E-state index in [1.807, 2.05) is 13.0 Å². The maximum absolute atomic E-state index is 6.18. The van der Waals surface area contributed by atoms with Gasteiger partial charge in [-0.25, -0.2) is 0 Å². The molecule has 0 heterocycles. The van der Waals surface area contributed by atoms with Crippen molar-refractivity contribution in [3.8, 4) is 5.75 Å². The van der Waals surface area contributed by atoms with E-state index in [1.165, 1.54) is 0 Å². The van der Waals surface area contributed by atoms with E-state index in [-0.39, 0.29) is 16.8 Å². The van der Waals surface area contributed by atoms with Gasteiger partial charge < -0.3 is 10.5 Å². The molecule has 0 aliphatic rings. The third-order valence-electron chi connectivity index (χ3n) is 2.76. The summed E-state index contributed by atoms with van der Waals surface area (Å²) in [5, 5.41) is 0.937. The molecule has 0 aromatic heterocycles. The van der Waals surface area contributed by atoms with Crippen LogP contribution in [0, 0.1) is 0 Å². The Morgan fingerprint density at radius 3 is 2.45 bits per heavy atom. The van der Waals surface area contributed by atoms with Crippen molar-refractivity contribution in [2.24, 2.45) is 5.73 Å². The molecule has 2 atom stereocenters. The van der Waals surface area contributed by atoms with Gasteiger partial charge in [-0.2, -0.15) is 0 Å². The molecule has 0 fully saturated rings. The number of rotatable bonds is 7. The van der Waals surface area contributed by atoms with Crippen LogP contribution in [-0.4, -0.2) is 17.4 Å². The molecule has 3 nitrogen and oxygen atoms in total. The summed E-state index contributed by atoms with van der Waals surface area (Å²) in [4.78, 5) is 0. The average Bonchev–Trinajstić information content (AvgIpc) is 2.39. The Bertz CT molecular complexity index is 516. The van der Waals surface area contributed by atoms with Crippen molar-refractivity contribution >= 4 is 35.1 Å². The van der Waals surface area contributed by atoms with E-state index in [1.54, 1.807) is 24.1 Å². The largest absolute Gasteiger partial charge is 0.489 e. The number of ether oxygens (including phenoxy) is 1. The van der Waals surface area contributed by atoms with Crippen molar-refractivity contribution in [2.45, 2.75) is 44.5 Å². The van der Waals surface area contributed by atoms with Crippen LogP contribution in [0.4, 0.5) is 0 Å². The van der Waals surface area contributed by atoms with Crippen LogP contribution in [0.2, 0.25) is 10.0 Å². The van der Waals surface area contributed by atoms with Crippen molar-refractivity contribution in [3.63, 3.8) is 0 Å². The van der Waals surface area contributed by atoms with Gasteiger partial charge in [0.25, 0.3) is 0 Å². The monoisotopic (exact) mass is 362 g/mol. The average molecular weight is 363 g/mol. The second-order valence-corrected chi connectivity index (χ2v) is 8.55. The lowest BCUT2D eigenvalue weighted by atomic mass is 10.0. The van der Waals surface area contributed by atoms with Gasteiger partial charge in [0, 0.05) is 22.4 Å².